The highest BCUT2D eigenvalue weighted by molar-refractivity contribution is 7.89. The summed E-state index contributed by atoms with van der Waals surface area (Å²) in [4.78, 5) is 2.12. The van der Waals surface area contributed by atoms with Crippen LogP contribution in [0.15, 0.2) is 24.3 Å². The van der Waals surface area contributed by atoms with E-state index in [-0.39, 0.29) is 5.75 Å². The number of sulfonamides is 1. The Balaban J connectivity index is 2.20. The van der Waals surface area contributed by atoms with Crippen LogP contribution in [0.3, 0.4) is 0 Å². The Bertz CT molecular complexity index is 471. The lowest BCUT2D eigenvalue weighted by Crippen LogP contribution is -2.28. The zero-order valence-electron chi connectivity index (χ0n) is 9.31. The Labute approximate surface area is 96.3 Å². The Kier molecular flexibility index (Phi) is 3.16. The molecular formula is C11H16N2O2S. The molecule has 1 heterocycles. The first-order valence-corrected chi connectivity index (χ1v) is 7.02. The van der Waals surface area contributed by atoms with E-state index in [9.17, 15) is 8.42 Å². The van der Waals surface area contributed by atoms with E-state index in [2.05, 4.69) is 9.62 Å². The summed E-state index contributed by atoms with van der Waals surface area (Å²) < 4.78 is 25.4. The third kappa shape index (κ3) is 2.54. The number of nitrogens with zero attached hydrogens (tertiary/aromatic N) is 1. The Hall–Kier alpha value is -1.07. The fourth-order valence-electron chi connectivity index (χ4n) is 1.91. The van der Waals surface area contributed by atoms with Gasteiger partial charge in [0.25, 0.3) is 0 Å². The monoisotopic (exact) mass is 240 g/mol. The molecule has 2 rings (SSSR count). The quantitative estimate of drug-likeness (QED) is 0.787. The van der Waals surface area contributed by atoms with Gasteiger partial charge in [0.2, 0.25) is 10.0 Å². The molecule has 1 N–H and O–H groups in total. The lowest BCUT2D eigenvalue weighted by molar-refractivity contribution is 0.586. The number of anilines is 1. The average Bonchev–Trinajstić information content (AvgIpc) is 2.40. The van der Waals surface area contributed by atoms with Gasteiger partial charge in [-0.25, -0.2) is 13.1 Å². The van der Waals surface area contributed by atoms with Crippen molar-refractivity contribution >= 4 is 15.7 Å². The minimum atomic E-state index is -3.06. The summed E-state index contributed by atoms with van der Waals surface area (Å²) in [7, 11) is -3.06. The minimum Gasteiger partial charge on any atom is -0.369 e. The van der Waals surface area contributed by atoms with Crippen LogP contribution in [0.5, 0.6) is 0 Å². The first kappa shape index (κ1) is 11.4. The van der Waals surface area contributed by atoms with E-state index in [0.717, 1.165) is 12.2 Å². The highest BCUT2D eigenvalue weighted by Gasteiger charge is 2.19. The van der Waals surface area contributed by atoms with Crippen molar-refractivity contribution in [2.24, 2.45) is 0 Å². The molecule has 5 heteroatoms. The van der Waals surface area contributed by atoms with Gasteiger partial charge in [-0.3, -0.25) is 0 Å². The molecule has 0 spiro atoms. The Morgan fingerprint density at radius 2 is 2.00 bits per heavy atom. The second-order valence-corrected chi connectivity index (χ2v) is 5.91. The summed E-state index contributed by atoms with van der Waals surface area (Å²) in [6.07, 6.45) is 0. The summed E-state index contributed by atoms with van der Waals surface area (Å²) in [6.45, 7) is 3.81. The van der Waals surface area contributed by atoms with Gasteiger partial charge < -0.3 is 4.90 Å². The largest absolute Gasteiger partial charge is 0.369 e. The topological polar surface area (TPSA) is 49.4 Å². The molecule has 1 aromatic rings. The smallest absolute Gasteiger partial charge is 0.213 e. The minimum absolute atomic E-state index is 0.168. The van der Waals surface area contributed by atoms with Gasteiger partial charge in [-0.15, -0.1) is 0 Å². The lowest BCUT2D eigenvalue weighted by Gasteiger charge is -2.23. The molecule has 0 radical (unpaired) electrons. The van der Waals surface area contributed by atoms with Crippen molar-refractivity contribution in [3.8, 4) is 0 Å². The Morgan fingerprint density at radius 3 is 2.75 bits per heavy atom. The van der Waals surface area contributed by atoms with E-state index in [4.69, 9.17) is 0 Å². The molecule has 88 valence electrons. The molecule has 1 aromatic carbocycles. The standard InChI is InChI=1S/C11H16N2O2S/c1-10-4-2-3-5-11(10)13-7-6-12-16(14,15)9-8-13/h2-5,12H,6-9H2,1H3. The summed E-state index contributed by atoms with van der Waals surface area (Å²) in [5.74, 6) is 0.168. The molecule has 0 bridgehead atoms. The number of hydrogen-bond acceptors (Lipinski definition) is 3. The van der Waals surface area contributed by atoms with Crippen molar-refractivity contribution < 1.29 is 8.42 Å². The molecule has 4 nitrogen and oxygen atoms in total. The molecular weight excluding hydrogens is 224 g/mol. The van der Waals surface area contributed by atoms with Crippen LogP contribution in [0.2, 0.25) is 0 Å². The van der Waals surface area contributed by atoms with Gasteiger partial charge in [0.15, 0.2) is 0 Å². The fourth-order valence-corrected chi connectivity index (χ4v) is 2.92. The summed E-state index contributed by atoms with van der Waals surface area (Å²) >= 11 is 0. The van der Waals surface area contributed by atoms with Crippen molar-refractivity contribution in [1.29, 1.82) is 0 Å². The molecule has 0 amide bonds. The van der Waals surface area contributed by atoms with Gasteiger partial charge in [0, 0.05) is 25.3 Å². The molecule has 0 unspecified atom stereocenters. The fraction of sp³-hybridized carbons (Fsp3) is 0.455. The zero-order chi connectivity index (χ0) is 11.6. The van der Waals surface area contributed by atoms with Crippen molar-refractivity contribution in [2.75, 3.05) is 30.3 Å². The van der Waals surface area contributed by atoms with Gasteiger partial charge in [0.1, 0.15) is 0 Å². The van der Waals surface area contributed by atoms with Crippen molar-refractivity contribution in [3.63, 3.8) is 0 Å². The maximum absolute atomic E-state index is 11.4. The predicted molar refractivity (Wildman–Crippen MR) is 65.2 cm³/mol. The molecule has 1 aliphatic rings. The molecule has 16 heavy (non-hydrogen) atoms. The predicted octanol–water partition coefficient (Wildman–Crippen LogP) is 0.734. The van der Waals surface area contributed by atoms with E-state index in [1.165, 1.54) is 5.56 Å². The van der Waals surface area contributed by atoms with Crippen LogP contribution in [0.1, 0.15) is 5.56 Å². The molecule has 0 saturated carbocycles. The van der Waals surface area contributed by atoms with Gasteiger partial charge in [-0.1, -0.05) is 18.2 Å². The van der Waals surface area contributed by atoms with Crippen LogP contribution in [0.4, 0.5) is 5.69 Å². The number of benzene rings is 1. The summed E-state index contributed by atoms with van der Waals surface area (Å²) in [5, 5.41) is 0. The summed E-state index contributed by atoms with van der Waals surface area (Å²) in [6, 6.07) is 8.05. The summed E-state index contributed by atoms with van der Waals surface area (Å²) in [5.41, 5.74) is 2.31. The van der Waals surface area contributed by atoms with Crippen molar-refractivity contribution in [1.82, 2.24) is 4.72 Å². The van der Waals surface area contributed by atoms with Crippen LogP contribution >= 0.6 is 0 Å². The number of rotatable bonds is 1. The SMILES string of the molecule is Cc1ccccc1N1CCNS(=O)(=O)CC1. The van der Waals surface area contributed by atoms with Crippen molar-refractivity contribution in [2.45, 2.75) is 6.92 Å². The second-order valence-electron chi connectivity index (χ2n) is 3.99. The molecule has 0 aliphatic carbocycles. The zero-order valence-corrected chi connectivity index (χ0v) is 10.1. The van der Waals surface area contributed by atoms with Gasteiger partial charge in [0.05, 0.1) is 5.75 Å². The third-order valence-corrected chi connectivity index (χ3v) is 4.15. The van der Waals surface area contributed by atoms with E-state index < -0.39 is 10.0 Å². The average molecular weight is 240 g/mol. The van der Waals surface area contributed by atoms with E-state index >= 15 is 0 Å². The number of para-hydroxylation sites is 1. The van der Waals surface area contributed by atoms with Gasteiger partial charge >= 0.3 is 0 Å². The van der Waals surface area contributed by atoms with Gasteiger partial charge in [-0.05, 0) is 18.6 Å². The van der Waals surface area contributed by atoms with Crippen LogP contribution in [-0.4, -0.2) is 33.8 Å². The third-order valence-electron chi connectivity index (χ3n) is 2.79. The first-order chi connectivity index (χ1) is 7.58. The lowest BCUT2D eigenvalue weighted by atomic mass is 10.2. The van der Waals surface area contributed by atoms with E-state index in [0.29, 0.717) is 13.1 Å². The van der Waals surface area contributed by atoms with Crippen LogP contribution in [0, 0.1) is 6.92 Å². The number of nitrogens with one attached hydrogen (secondary N) is 1. The van der Waals surface area contributed by atoms with Crippen molar-refractivity contribution in [3.05, 3.63) is 29.8 Å². The Morgan fingerprint density at radius 1 is 1.25 bits per heavy atom. The second kappa shape index (κ2) is 4.43. The van der Waals surface area contributed by atoms with Gasteiger partial charge in [-0.2, -0.15) is 0 Å². The van der Waals surface area contributed by atoms with E-state index in [1.807, 2.05) is 31.2 Å². The molecule has 1 aliphatic heterocycles. The van der Waals surface area contributed by atoms with E-state index in [1.54, 1.807) is 0 Å². The van der Waals surface area contributed by atoms with Crippen LogP contribution in [-0.2, 0) is 10.0 Å². The number of hydrogen-bond donors (Lipinski definition) is 1. The maximum atomic E-state index is 11.4. The number of aryl methyl sites for hydroxylation is 1. The maximum Gasteiger partial charge on any atom is 0.213 e. The molecule has 1 fully saturated rings. The molecule has 1 saturated heterocycles. The first-order valence-electron chi connectivity index (χ1n) is 5.36. The highest BCUT2D eigenvalue weighted by Crippen LogP contribution is 2.19. The van der Waals surface area contributed by atoms with Crippen LogP contribution in [0.25, 0.3) is 0 Å². The highest BCUT2D eigenvalue weighted by atomic mass is 32.2. The normalized spacial score (nSPS) is 20.4. The molecule has 0 aromatic heterocycles. The molecule has 0 atom stereocenters. The van der Waals surface area contributed by atoms with Crippen LogP contribution < -0.4 is 9.62 Å².